The van der Waals surface area contributed by atoms with Crippen LogP contribution < -0.4 is 0 Å². The number of piperidine rings is 1. The highest BCUT2D eigenvalue weighted by Crippen LogP contribution is 2.27. The van der Waals surface area contributed by atoms with Gasteiger partial charge in [0.05, 0.1) is 0 Å². The summed E-state index contributed by atoms with van der Waals surface area (Å²) in [6.07, 6.45) is 2.99. The molecule has 1 fully saturated rings. The molecule has 0 N–H and O–H groups in total. The minimum atomic E-state index is 0.0253. The van der Waals surface area contributed by atoms with E-state index in [1.54, 1.807) is 0 Å². The van der Waals surface area contributed by atoms with E-state index in [0.717, 1.165) is 19.4 Å². The number of carbonyl (C=O) groups is 1. The molecule has 1 amide bonds. The first-order valence-corrected chi connectivity index (χ1v) is 5.26. The summed E-state index contributed by atoms with van der Waals surface area (Å²) in [5.74, 6) is 0.861. The van der Waals surface area contributed by atoms with Crippen LogP contribution in [0.1, 0.15) is 47.0 Å². The number of nitrogens with zero attached hydrogens (tertiary/aromatic N) is 1. The van der Waals surface area contributed by atoms with Gasteiger partial charge >= 0.3 is 0 Å². The van der Waals surface area contributed by atoms with Crippen LogP contribution in [0.15, 0.2) is 0 Å². The lowest BCUT2D eigenvalue weighted by atomic mass is 9.87. The van der Waals surface area contributed by atoms with Crippen molar-refractivity contribution in [3.05, 3.63) is 0 Å². The molecule has 0 radical (unpaired) electrons. The fraction of sp³-hybridized carbons (Fsp3) is 0.909. The molecular weight excluding hydrogens is 162 g/mol. The normalized spacial score (nSPS) is 19.8. The molecule has 0 atom stereocenters. The summed E-state index contributed by atoms with van der Waals surface area (Å²) < 4.78 is 0. The van der Waals surface area contributed by atoms with E-state index in [4.69, 9.17) is 0 Å². The fourth-order valence-electron chi connectivity index (χ4n) is 1.73. The summed E-state index contributed by atoms with van der Waals surface area (Å²) in [6.45, 7) is 9.65. The van der Waals surface area contributed by atoms with Gasteiger partial charge < -0.3 is 4.90 Å². The Kier molecular flexibility index (Phi) is 2.99. The molecule has 0 spiro atoms. The molecule has 13 heavy (non-hydrogen) atoms. The van der Waals surface area contributed by atoms with Crippen molar-refractivity contribution in [2.45, 2.75) is 52.5 Å². The Bertz CT molecular complexity index is 196. The zero-order chi connectivity index (χ0) is 10.1. The van der Waals surface area contributed by atoms with Crippen molar-refractivity contribution in [1.29, 1.82) is 0 Å². The Morgan fingerprint density at radius 1 is 1.31 bits per heavy atom. The monoisotopic (exact) mass is 183 g/mol. The molecule has 1 heterocycles. The Morgan fingerprint density at radius 3 is 2.38 bits per heavy atom. The molecule has 0 bridgehead atoms. The van der Waals surface area contributed by atoms with Gasteiger partial charge in [0.25, 0.3) is 0 Å². The van der Waals surface area contributed by atoms with Gasteiger partial charge in [0.15, 0.2) is 0 Å². The highest BCUT2D eigenvalue weighted by molar-refractivity contribution is 5.77. The SMILES string of the molecule is CC(C)C(C)(C)N1CCCCC1=O. The van der Waals surface area contributed by atoms with Gasteiger partial charge in [-0.1, -0.05) is 13.8 Å². The van der Waals surface area contributed by atoms with E-state index < -0.39 is 0 Å². The van der Waals surface area contributed by atoms with E-state index in [1.807, 2.05) is 0 Å². The van der Waals surface area contributed by atoms with Crippen molar-refractivity contribution in [2.24, 2.45) is 5.92 Å². The molecule has 1 rings (SSSR count). The van der Waals surface area contributed by atoms with Crippen LogP contribution in [-0.4, -0.2) is 22.9 Å². The first-order valence-electron chi connectivity index (χ1n) is 5.26. The Labute approximate surface area is 81.3 Å². The average Bonchev–Trinajstić information content (AvgIpc) is 2.04. The number of likely N-dealkylation sites (tertiary alicyclic amines) is 1. The van der Waals surface area contributed by atoms with E-state index in [-0.39, 0.29) is 5.54 Å². The Hall–Kier alpha value is -0.530. The van der Waals surface area contributed by atoms with Crippen molar-refractivity contribution in [2.75, 3.05) is 6.54 Å². The zero-order valence-electron chi connectivity index (χ0n) is 9.26. The predicted octanol–water partition coefficient (Wildman–Crippen LogP) is 2.43. The molecule has 2 heteroatoms. The van der Waals surface area contributed by atoms with Crippen LogP contribution >= 0.6 is 0 Å². The maximum absolute atomic E-state index is 11.7. The van der Waals surface area contributed by atoms with Crippen LogP contribution in [0.4, 0.5) is 0 Å². The topological polar surface area (TPSA) is 20.3 Å². The smallest absolute Gasteiger partial charge is 0.223 e. The van der Waals surface area contributed by atoms with Gasteiger partial charge in [-0.3, -0.25) is 4.79 Å². The fourth-order valence-corrected chi connectivity index (χ4v) is 1.73. The largest absolute Gasteiger partial charge is 0.337 e. The summed E-state index contributed by atoms with van der Waals surface area (Å²) in [7, 11) is 0. The van der Waals surface area contributed by atoms with Crippen LogP contribution in [0, 0.1) is 5.92 Å². The third-order valence-corrected chi connectivity index (χ3v) is 3.43. The van der Waals surface area contributed by atoms with Crippen LogP contribution in [0.3, 0.4) is 0 Å². The minimum absolute atomic E-state index is 0.0253. The van der Waals surface area contributed by atoms with Gasteiger partial charge in [-0.2, -0.15) is 0 Å². The third-order valence-electron chi connectivity index (χ3n) is 3.43. The van der Waals surface area contributed by atoms with Gasteiger partial charge in [-0.15, -0.1) is 0 Å². The lowest BCUT2D eigenvalue weighted by molar-refractivity contribution is -0.140. The molecule has 2 nitrogen and oxygen atoms in total. The summed E-state index contributed by atoms with van der Waals surface area (Å²) >= 11 is 0. The van der Waals surface area contributed by atoms with Gasteiger partial charge in [0.2, 0.25) is 5.91 Å². The second-order valence-electron chi connectivity index (χ2n) is 4.81. The summed E-state index contributed by atoms with van der Waals surface area (Å²) in [5, 5.41) is 0. The van der Waals surface area contributed by atoms with Crippen LogP contribution in [0.5, 0.6) is 0 Å². The van der Waals surface area contributed by atoms with Gasteiger partial charge in [-0.05, 0) is 32.6 Å². The third kappa shape index (κ3) is 2.04. The molecule has 0 aromatic heterocycles. The molecular formula is C11H21NO. The van der Waals surface area contributed by atoms with Crippen molar-refractivity contribution >= 4 is 5.91 Å². The first kappa shape index (κ1) is 10.6. The molecule has 1 aliphatic rings. The predicted molar refractivity (Wildman–Crippen MR) is 54.5 cm³/mol. The first-order chi connectivity index (χ1) is 5.96. The molecule has 0 aromatic rings. The molecule has 0 unspecified atom stereocenters. The molecule has 0 aliphatic carbocycles. The summed E-state index contributed by atoms with van der Waals surface area (Å²) in [5.41, 5.74) is 0.0253. The molecule has 1 saturated heterocycles. The van der Waals surface area contributed by atoms with Crippen LogP contribution in [-0.2, 0) is 4.79 Å². The maximum atomic E-state index is 11.7. The number of amides is 1. The number of rotatable bonds is 2. The van der Waals surface area contributed by atoms with Gasteiger partial charge in [-0.25, -0.2) is 0 Å². The molecule has 76 valence electrons. The second-order valence-corrected chi connectivity index (χ2v) is 4.81. The molecule has 0 aromatic carbocycles. The standard InChI is InChI=1S/C11H21NO/c1-9(2)11(3,4)12-8-6-5-7-10(12)13/h9H,5-8H2,1-4H3. The van der Waals surface area contributed by atoms with Crippen molar-refractivity contribution in [3.8, 4) is 0 Å². The van der Waals surface area contributed by atoms with E-state index in [2.05, 4.69) is 32.6 Å². The number of hydrogen-bond acceptors (Lipinski definition) is 1. The van der Waals surface area contributed by atoms with Crippen molar-refractivity contribution in [3.63, 3.8) is 0 Å². The quantitative estimate of drug-likeness (QED) is 0.644. The van der Waals surface area contributed by atoms with Crippen LogP contribution in [0.2, 0.25) is 0 Å². The van der Waals surface area contributed by atoms with E-state index in [0.29, 0.717) is 11.8 Å². The van der Waals surface area contributed by atoms with Crippen LogP contribution in [0.25, 0.3) is 0 Å². The lowest BCUT2D eigenvalue weighted by Gasteiger charge is -2.43. The second kappa shape index (κ2) is 3.69. The van der Waals surface area contributed by atoms with E-state index in [9.17, 15) is 4.79 Å². The number of carbonyl (C=O) groups excluding carboxylic acids is 1. The maximum Gasteiger partial charge on any atom is 0.223 e. The van der Waals surface area contributed by atoms with Crippen molar-refractivity contribution < 1.29 is 4.79 Å². The van der Waals surface area contributed by atoms with Gasteiger partial charge in [0, 0.05) is 18.5 Å². The summed E-state index contributed by atoms with van der Waals surface area (Å²) in [4.78, 5) is 13.7. The number of hydrogen-bond donors (Lipinski definition) is 0. The lowest BCUT2D eigenvalue weighted by Crippen LogP contribution is -2.52. The molecule has 1 aliphatic heterocycles. The molecule has 0 saturated carbocycles. The van der Waals surface area contributed by atoms with E-state index >= 15 is 0 Å². The van der Waals surface area contributed by atoms with Crippen molar-refractivity contribution in [1.82, 2.24) is 4.90 Å². The van der Waals surface area contributed by atoms with E-state index in [1.165, 1.54) is 6.42 Å². The summed E-state index contributed by atoms with van der Waals surface area (Å²) in [6, 6.07) is 0. The highest BCUT2D eigenvalue weighted by atomic mass is 16.2. The van der Waals surface area contributed by atoms with Gasteiger partial charge in [0.1, 0.15) is 0 Å². The average molecular weight is 183 g/mol. The minimum Gasteiger partial charge on any atom is -0.337 e. The highest BCUT2D eigenvalue weighted by Gasteiger charge is 2.34. The zero-order valence-corrected chi connectivity index (χ0v) is 9.26. The Balaban J connectivity index is 2.73. The Morgan fingerprint density at radius 2 is 1.92 bits per heavy atom.